The molecular weight excluding hydrogens is 182 g/mol. The Hall–Kier alpha value is -1.71. The summed E-state index contributed by atoms with van der Waals surface area (Å²) in [7, 11) is 0. The lowest BCUT2D eigenvalue weighted by molar-refractivity contribution is -0.116. The van der Waals surface area contributed by atoms with Gasteiger partial charge in [0.2, 0.25) is 5.88 Å². The number of carbonyl (C=O) groups is 1. The Kier molecular flexibility index (Phi) is 3.79. The largest absolute Gasteiger partial charge is 0.477 e. The van der Waals surface area contributed by atoms with E-state index in [1.807, 2.05) is 0 Å². The standard InChI is InChI=1S/C10H13NO3/c1-8(2)9(12)5-7-13-10-4-3-6-14-11-10/h3-4,6,11H,1,5,7H2,2H3. The van der Waals surface area contributed by atoms with Crippen LogP contribution in [0, 0.1) is 0 Å². The summed E-state index contributed by atoms with van der Waals surface area (Å²) in [4.78, 5) is 15.9. The van der Waals surface area contributed by atoms with E-state index in [0.717, 1.165) is 0 Å². The number of nitrogens with one attached hydrogen (secondary N) is 1. The van der Waals surface area contributed by atoms with Gasteiger partial charge in [0.1, 0.15) is 6.26 Å². The first-order valence-corrected chi connectivity index (χ1v) is 4.30. The highest BCUT2D eigenvalue weighted by molar-refractivity contribution is 5.94. The van der Waals surface area contributed by atoms with Gasteiger partial charge in [-0.1, -0.05) is 6.58 Å². The van der Waals surface area contributed by atoms with Gasteiger partial charge in [0, 0.05) is 12.5 Å². The van der Waals surface area contributed by atoms with E-state index in [9.17, 15) is 4.79 Å². The van der Waals surface area contributed by atoms with Crippen LogP contribution >= 0.6 is 0 Å². The van der Waals surface area contributed by atoms with Crippen LogP contribution in [0.3, 0.4) is 0 Å². The summed E-state index contributed by atoms with van der Waals surface area (Å²) < 4.78 is 5.22. The van der Waals surface area contributed by atoms with Crippen LogP contribution in [-0.4, -0.2) is 12.4 Å². The molecule has 0 radical (unpaired) electrons. The summed E-state index contributed by atoms with van der Waals surface area (Å²) in [5.41, 5.74) is 3.09. The molecule has 0 aromatic carbocycles. The molecule has 0 spiro atoms. The second-order valence-corrected chi connectivity index (χ2v) is 2.88. The van der Waals surface area contributed by atoms with Crippen molar-refractivity contribution < 1.29 is 14.4 Å². The third-order valence-corrected chi connectivity index (χ3v) is 1.62. The molecule has 0 saturated heterocycles. The van der Waals surface area contributed by atoms with Gasteiger partial charge < -0.3 is 9.57 Å². The van der Waals surface area contributed by atoms with Gasteiger partial charge in [0.25, 0.3) is 0 Å². The van der Waals surface area contributed by atoms with Gasteiger partial charge in [-0.05, 0) is 18.6 Å². The summed E-state index contributed by atoms with van der Waals surface area (Å²) >= 11 is 0. The van der Waals surface area contributed by atoms with Crippen LogP contribution in [0.2, 0.25) is 0 Å². The van der Waals surface area contributed by atoms with Crippen molar-refractivity contribution >= 4 is 5.78 Å². The Morgan fingerprint density at radius 3 is 3.07 bits per heavy atom. The van der Waals surface area contributed by atoms with E-state index in [0.29, 0.717) is 24.5 Å². The Morgan fingerprint density at radius 2 is 2.50 bits per heavy atom. The van der Waals surface area contributed by atoms with Gasteiger partial charge >= 0.3 is 0 Å². The molecular formula is C10H13NO3. The number of ether oxygens (including phenoxy) is 1. The average molecular weight is 195 g/mol. The zero-order valence-electron chi connectivity index (χ0n) is 8.08. The summed E-state index contributed by atoms with van der Waals surface area (Å²) in [5.74, 6) is 0.514. The number of allylic oxidation sites excluding steroid dienone is 3. The lowest BCUT2D eigenvalue weighted by Crippen LogP contribution is -2.17. The highest BCUT2D eigenvalue weighted by Crippen LogP contribution is 2.02. The van der Waals surface area contributed by atoms with E-state index in [2.05, 4.69) is 12.1 Å². The summed E-state index contributed by atoms with van der Waals surface area (Å²) in [5, 5.41) is 0. The number of rotatable bonds is 5. The Balaban J connectivity index is 2.21. The van der Waals surface area contributed by atoms with E-state index >= 15 is 0 Å². The van der Waals surface area contributed by atoms with Crippen LogP contribution in [0.1, 0.15) is 13.3 Å². The molecule has 0 aliphatic carbocycles. The van der Waals surface area contributed by atoms with Gasteiger partial charge in [-0.2, -0.15) is 5.48 Å². The second-order valence-electron chi connectivity index (χ2n) is 2.88. The average Bonchev–Trinajstić information content (AvgIpc) is 2.19. The van der Waals surface area contributed by atoms with Crippen LogP contribution < -0.4 is 5.48 Å². The van der Waals surface area contributed by atoms with Crippen LogP contribution in [0.25, 0.3) is 0 Å². The first-order valence-electron chi connectivity index (χ1n) is 4.30. The molecule has 1 N–H and O–H groups in total. The normalized spacial score (nSPS) is 13.6. The lowest BCUT2D eigenvalue weighted by Gasteiger charge is -2.12. The zero-order chi connectivity index (χ0) is 10.4. The molecule has 1 rings (SSSR count). The first kappa shape index (κ1) is 10.4. The second kappa shape index (κ2) is 5.11. The zero-order valence-corrected chi connectivity index (χ0v) is 8.08. The molecule has 0 amide bonds. The molecule has 0 aromatic heterocycles. The fourth-order valence-electron chi connectivity index (χ4n) is 0.837. The quantitative estimate of drug-likeness (QED) is 0.674. The molecule has 4 nitrogen and oxygen atoms in total. The van der Waals surface area contributed by atoms with Crippen LogP contribution in [0.15, 0.2) is 36.4 Å². The number of hydrogen-bond acceptors (Lipinski definition) is 4. The third-order valence-electron chi connectivity index (χ3n) is 1.62. The molecule has 0 bridgehead atoms. The van der Waals surface area contributed by atoms with Crippen molar-refractivity contribution in [3.63, 3.8) is 0 Å². The van der Waals surface area contributed by atoms with E-state index < -0.39 is 0 Å². The van der Waals surface area contributed by atoms with E-state index in [1.54, 1.807) is 19.1 Å². The van der Waals surface area contributed by atoms with Crippen LogP contribution in [-0.2, 0) is 14.4 Å². The molecule has 1 aliphatic rings. The van der Waals surface area contributed by atoms with E-state index in [1.165, 1.54) is 6.26 Å². The molecule has 76 valence electrons. The fraction of sp³-hybridized carbons (Fsp3) is 0.300. The third kappa shape index (κ3) is 3.35. The van der Waals surface area contributed by atoms with Crippen molar-refractivity contribution in [2.75, 3.05) is 6.61 Å². The predicted octanol–water partition coefficient (Wildman–Crippen LogP) is 1.43. The van der Waals surface area contributed by atoms with Crippen molar-refractivity contribution in [2.45, 2.75) is 13.3 Å². The Labute approximate surface area is 82.8 Å². The summed E-state index contributed by atoms with van der Waals surface area (Å²) in [6.45, 7) is 5.56. The minimum atomic E-state index is 0.0119. The fourth-order valence-corrected chi connectivity index (χ4v) is 0.837. The molecule has 0 atom stereocenters. The molecule has 14 heavy (non-hydrogen) atoms. The van der Waals surface area contributed by atoms with Gasteiger partial charge in [-0.25, -0.2) is 0 Å². The van der Waals surface area contributed by atoms with Crippen molar-refractivity contribution in [3.05, 3.63) is 36.4 Å². The number of hydroxylamine groups is 1. The molecule has 4 heteroatoms. The first-order chi connectivity index (χ1) is 6.70. The predicted molar refractivity (Wildman–Crippen MR) is 51.8 cm³/mol. The monoisotopic (exact) mass is 195 g/mol. The van der Waals surface area contributed by atoms with Crippen molar-refractivity contribution in [3.8, 4) is 0 Å². The van der Waals surface area contributed by atoms with Gasteiger partial charge in [-0.3, -0.25) is 4.79 Å². The lowest BCUT2D eigenvalue weighted by atomic mass is 10.2. The number of hydrogen-bond donors (Lipinski definition) is 1. The highest BCUT2D eigenvalue weighted by atomic mass is 16.7. The maximum absolute atomic E-state index is 11.1. The van der Waals surface area contributed by atoms with Crippen molar-refractivity contribution in [1.82, 2.24) is 5.48 Å². The van der Waals surface area contributed by atoms with E-state index in [-0.39, 0.29) is 5.78 Å². The maximum atomic E-state index is 11.1. The molecule has 1 heterocycles. The van der Waals surface area contributed by atoms with E-state index in [4.69, 9.17) is 9.57 Å². The summed E-state index contributed by atoms with van der Waals surface area (Å²) in [6, 6.07) is 0. The number of Topliss-reactive ketones (excluding diaryl/α,β-unsaturated/α-hetero) is 1. The van der Waals surface area contributed by atoms with Gasteiger partial charge in [0.05, 0.1) is 6.61 Å². The van der Waals surface area contributed by atoms with Crippen molar-refractivity contribution in [1.29, 1.82) is 0 Å². The minimum absolute atomic E-state index is 0.0119. The maximum Gasteiger partial charge on any atom is 0.220 e. The molecule has 0 fully saturated rings. The molecule has 0 saturated carbocycles. The van der Waals surface area contributed by atoms with Crippen LogP contribution in [0.4, 0.5) is 0 Å². The Bertz CT molecular complexity index is 292. The molecule has 0 unspecified atom stereocenters. The molecule has 1 aliphatic heterocycles. The van der Waals surface area contributed by atoms with Crippen molar-refractivity contribution in [2.24, 2.45) is 0 Å². The van der Waals surface area contributed by atoms with Crippen LogP contribution in [0.5, 0.6) is 0 Å². The highest BCUT2D eigenvalue weighted by Gasteiger charge is 2.04. The van der Waals surface area contributed by atoms with Gasteiger partial charge in [-0.15, -0.1) is 0 Å². The SMILES string of the molecule is C=C(C)C(=O)CCOC1=CC=CON1. The Morgan fingerprint density at radius 1 is 1.71 bits per heavy atom. The minimum Gasteiger partial charge on any atom is -0.477 e. The molecule has 0 aromatic rings. The summed E-state index contributed by atoms with van der Waals surface area (Å²) in [6.07, 6.45) is 5.24. The van der Waals surface area contributed by atoms with Gasteiger partial charge in [0.15, 0.2) is 5.78 Å². The number of ketones is 1. The number of carbonyl (C=O) groups excluding carboxylic acids is 1. The topological polar surface area (TPSA) is 47.6 Å². The smallest absolute Gasteiger partial charge is 0.220 e.